The Hall–Kier alpha value is -1.32. The largest absolute Gasteiger partial charge is 0.464 e. The summed E-state index contributed by atoms with van der Waals surface area (Å²) in [5.41, 5.74) is 0.495. The van der Waals surface area contributed by atoms with Crippen LogP contribution in [-0.4, -0.2) is 36.5 Å². The fourth-order valence-electron chi connectivity index (χ4n) is 1.15. The molecular weight excluding hydrogens is 170 g/mol. The molecule has 4 heteroatoms. The van der Waals surface area contributed by atoms with E-state index in [2.05, 4.69) is 6.58 Å². The Balaban J connectivity index is 2.56. The van der Waals surface area contributed by atoms with Gasteiger partial charge in [-0.15, -0.1) is 0 Å². The lowest BCUT2D eigenvalue weighted by molar-refractivity contribution is -0.142. The van der Waals surface area contributed by atoms with E-state index in [1.807, 2.05) is 0 Å². The highest BCUT2D eigenvalue weighted by molar-refractivity contribution is 5.92. The van der Waals surface area contributed by atoms with Gasteiger partial charge >= 0.3 is 5.97 Å². The van der Waals surface area contributed by atoms with Gasteiger partial charge in [0.05, 0.1) is 13.0 Å². The van der Waals surface area contributed by atoms with Crippen LogP contribution in [0.3, 0.4) is 0 Å². The lowest BCUT2D eigenvalue weighted by Crippen LogP contribution is -2.33. The van der Waals surface area contributed by atoms with Crippen LogP contribution in [0.2, 0.25) is 0 Å². The maximum atomic E-state index is 11.4. The summed E-state index contributed by atoms with van der Waals surface area (Å²) in [7, 11) is 0. The van der Waals surface area contributed by atoms with E-state index in [-0.39, 0.29) is 24.9 Å². The van der Waals surface area contributed by atoms with Gasteiger partial charge in [0.25, 0.3) is 0 Å². The van der Waals surface area contributed by atoms with Crippen molar-refractivity contribution < 1.29 is 14.3 Å². The molecule has 0 aromatic heterocycles. The van der Waals surface area contributed by atoms with Crippen LogP contribution in [-0.2, 0) is 14.3 Å². The first-order valence-electron chi connectivity index (χ1n) is 4.21. The third-order valence-electron chi connectivity index (χ3n) is 1.86. The van der Waals surface area contributed by atoms with E-state index in [1.54, 1.807) is 11.8 Å². The number of esters is 1. The molecule has 1 aliphatic rings. The van der Waals surface area contributed by atoms with Crippen LogP contribution in [0.5, 0.6) is 0 Å². The van der Waals surface area contributed by atoms with Crippen molar-refractivity contribution in [1.82, 2.24) is 4.90 Å². The Morgan fingerprint density at radius 3 is 2.85 bits per heavy atom. The zero-order chi connectivity index (χ0) is 9.84. The summed E-state index contributed by atoms with van der Waals surface area (Å²) in [6.45, 7) is 6.42. The number of cyclic esters (lactones) is 1. The molecule has 0 radical (unpaired) electrons. The van der Waals surface area contributed by atoms with Gasteiger partial charge in [0, 0.05) is 12.1 Å². The predicted molar refractivity (Wildman–Crippen MR) is 47.0 cm³/mol. The van der Waals surface area contributed by atoms with E-state index < -0.39 is 0 Å². The second-order valence-corrected chi connectivity index (χ2v) is 3.04. The Morgan fingerprint density at radius 1 is 1.54 bits per heavy atom. The number of rotatable bonds is 1. The lowest BCUT2D eigenvalue weighted by atomic mass is 10.3. The highest BCUT2D eigenvalue weighted by Crippen LogP contribution is 2.04. The summed E-state index contributed by atoms with van der Waals surface area (Å²) in [6, 6.07) is 0. The average molecular weight is 183 g/mol. The van der Waals surface area contributed by atoms with E-state index in [0.29, 0.717) is 18.7 Å². The minimum Gasteiger partial charge on any atom is -0.464 e. The van der Waals surface area contributed by atoms with E-state index in [4.69, 9.17) is 4.74 Å². The molecule has 0 unspecified atom stereocenters. The van der Waals surface area contributed by atoms with Gasteiger partial charge in [-0.2, -0.15) is 0 Å². The fourth-order valence-corrected chi connectivity index (χ4v) is 1.15. The lowest BCUT2D eigenvalue weighted by Gasteiger charge is -2.18. The summed E-state index contributed by atoms with van der Waals surface area (Å²) < 4.78 is 4.80. The van der Waals surface area contributed by atoms with E-state index in [1.165, 1.54) is 0 Å². The molecule has 13 heavy (non-hydrogen) atoms. The van der Waals surface area contributed by atoms with E-state index in [9.17, 15) is 9.59 Å². The summed E-state index contributed by atoms with van der Waals surface area (Å²) in [5.74, 6) is -0.338. The van der Waals surface area contributed by atoms with Crippen molar-refractivity contribution in [1.29, 1.82) is 0 Å². The molecule has 0 atom stereocenters. The molecule has 1 amide bonds. The molecule has 0 aromatic carbocycles. The Kier molecular flexibility index (Phi) is 3.06. The number of nitrogens with zero attached hydrogens (tertiary/aromatic N) is 1. The van der Waals surface area contributed by atoms with Crippen LogP contribution in [0, 0.1) is 0 Å². The van der Waals surface area contributed by atoms with Gasteiger partial charge < -0.3 is 9.64 Å². The molecule has 4 nitrogen and oxygen atoms in total. The first-order valence-corrected chi connectivity index (χ1v) is 4.21. The molecule has 0 bridgehead atoms. The quantitative estimate of drug-likeness (QED) is 0.435. The molecule has 0 N–H and O–H groups in total. The van der Waals surface area contributed by atoms with Crippen molar-refractivity contribution in [3.63, 3.8) is 0 Å². The second kappa shape index (κ2) is 4.07. The molecule has 0 spiro atoms. The molecular formula is C9H13NO3. The van der Waals surface area contributed by atoms with Crippen molar-refractivity contribution >= 4 is 11.9 Å². The first kappa shape index (κ1) is 9.77. The average Bonchev–Trinajstić information content (AvgIpc) is 2.28. The topological polar surface area (TPSA) is 46.6 Å². The normalized spacial score (nSPS) is 17.6. The monoisotopic (exact) mass is 183 g/mol. The molecule has 1 rings (SSSR count). The minimum absolute atomic E-state index is 0.0988. The maximum absolute atomic E-state index is 11.4. The number of ether oxygens (including phenoxy) is 1. The zero-order valence-corrected chi connectivity index (χ0v) is 7.71. The molecule has 0 saturated carbocycles. The Bertz CT molecular complexity index is 247. The van der Waals surface area contributed by atoms with Crippen molar-refractivity contribution in [2.24, 2.45) is 0 Å². The number of hydrogen-bond donors (Lipinski definition) is 0. The SMILES string of the molecule is C=C(C)C(=O)N1CCOC(=O)CC1. The standard InChI is InChI=1S/C9H13NO3/c1-7(2)9(12)10-4-3-8(11)13-6-5-10/h1,3-6H2,2H3. The van der Waals surface area contributed by atoms with Gasteiger partial charge in [-0.05, 0) is 6.92 Å². The maximum Gasteiger partial charge on any atom is 0.307 e. The minimum atomic E-state index is -0.239. The molecule has 0 aliphatic carbocycles. The number of carbonyl (C=O) groups is 2. The number of amides is 1. The molecule has 1 fully saturated rings. The van der Waals surface area contributed by atoms with Gasteiger partial charge in [0.15, 0.2) is 0 Å². The molecule has 1 aliphatic heterocycles. The smallest absolute Gasteiger partial charge is 0.307 e. The van der Waals surface area contributed by atoms with Crippen molar-refractivity contribution in [3.05, 3.63) is 12.2 Å². The summed E-state index contributed by atoms with van der Waals surface area (Å²) in [4.78, 5) is 23.8. The van der Waals surface area contributed by atoms with Gasteiger partial charge in [-0.3, -0.25) is 9.59 Å². The van der Waals surface area contributed by atoms with Crippen LogP contribution in [0.1, 0.15) is 13.3 Å². The number of hydrogen-bond acceptors (Lipinski definition) is 3. The highest BCUT2D eigenvalue weighted by Gasteiger charge is 2.19. The van der Waals surface area contributed by atoms with E-state index in [0.717, 1.165) is 0 Å². The van der Waals surface area contributed by atoms with E-state index >= 15 is 0 Å². The van der Waals surface area contributed by atoms with Crippen LogP contribution in [0.25, 0.3) is 0 Å². The molecule has 0 aromatic rings. The van der Waals surface area contributed by atoms with Gasteiger partial charge in [-0.1, -0.05) is 6.58 Å². The summed E-state index contributed by atoms with van der Waals surface area (Å²) in [6.07, 6.45) is 0.277. The van der Waals surface area contributed by atoms with Crippen LogP contribution >= 0.6 is 0 Å². The van der Waals surface area contributed by atoms with Gasteiger partial charge in [0.2, 0.25) is 5.91 Å². The van der Waals surface area contributed by atoms with Crippen LogP contribution in [0.4, 0.5) is 0 Å². The third-order valence-corrected chi connectivity index (χ3v) is 1.86. The molecule has 1 heterocycles. The summed E-state index contributed by atoms with van der Waals surface area (Å²) >= 11 is 0. The van der Waals surface area contributed by atoms with Crippen molar-refractivity contribution in [2.75, 3.05) is 19.7 Å². The van der Waals surface area contributed by atoms with Crippen LogP contribution < -0.4 is 0 Å². The van der Waals surface area contributed by atoms with Crippen molar-refractivity contribution in [2.45, 2.75) is 13.3 Å². The van der Waals surface area contributed by atoms with Crippen molar-refractivity contribution in [3.8, 4) is 0 Å². The van der Waals surface area contributed by atoms with Crippen LogP contribution in [0.15, 0.2) is 12.2 Å². The molecule has 72 valence electrons. The predicted octanol–water partition coefficient (Wildman–Crippen LogP) is 0.338. The Morgan fingerprint density at radius 2 is 2.23 bits per heavy atom. The summed E-state index contributed by atoms with van der Waals surface area (Å²) in [5, 5.41) is 0. The Labute approximate surface area is 77.2 Å². The number of carbonyl (C=O) groups excluding carboxylic acids is 2. The fraction of sp³-hybridized carbons (Fsp3) is 0.556. The zero-order valence-electron chi connectivity index (χ0n) is 7.71. The van der Waals surface area contributed by atoms with Gasteiger partial charge in [0.1, 0.15) is 6.61 Å². The second-order valence-electron chi connectivity index (χ2n) is 3.04. The first-order chi connectivity index (χ1) is 6.11. The highest BCUT2D eigenvalue weighted by atomic mass is 16.5. The third kappa shape index (κ3) is 2.57. The molecule has 1 saturated heterocycles. The van der Waals surface area contributed by atoms with Gasteiger partial charge in [-0.25, -0.2) is 0 Å².